The summed E-state index contributed by atoms with van der Waals surface area (Å²) in [6, 6.07) is 5.38. The van der Waals surface area contributed by atoms with Gasteiger partial charge in [-0.15, -0.1) is 0 Å². The van der Waals surface area contributed by atoms with Crippen LogP contribution in [0, 0.1) is 0 Å². The third-order valence-corrected chi connectivity index (χ3v) is 7.63. The van der Waals surface area contributed by atoms with E-state index in [4.69, 9.17) is 0 Å². The molecule has 0 aromatic heterocycles. The third kappa shape index (κ3) is 3.50. The number of nitrogens with zero attached hydrogens (tertiary/aromatic N) is 3. The summed E-state index contributed by atoms with van der Waals surface area (Å²) >= 11 is 0. The maximum atomic E-state index is 13.2. The molecule has 3 aliphatic heterocycles. The first-order chi connectivity index (χ1) is 15.5. The highest BCUT2D eigenvalue weighted by atomic mass is 16.2. The number of imide groups is 2. The largest absolute Gasteiger partial charge is 0.370 e. The molecular formula is C24H30N4O4. The van der Waals surface area contributed by atoms with E-state index in [9.17, 15) is 19.2 Å². The topological polar surface area (TPSA) is 90.0 Å². The van der Waals surface area contributed by atoms with Crippen molar-refractivity contribution in [3.8, 4) is 0 Å². The summed E-state index contributed by atoms with van der Waals surface area (Å²) in [4.78, 5) is 55.8. The maximum Gasteiger partial charge on any atom is 0.262 e. The van der Waals surface area contributed by atoms with E-state index in [0.717, 1.165) is 30.1 Å². The van der Waals surface area contributed by atoms with Crippen molar-refractivity contribution >= 4 is 29.3 Å². The average Bonchev–Trinajstić information content (AvgIpc) is 3.38. The van der Waals surface area contributed by atoms with E-state index in [0.29, 0.717) is 23.2 Å². The van der Waals surface area contributed by atoms with E-state index < -0.39 is 23.8 Å². The molecule has 0 spiro atoms. The van der Waals surface area contributed by atoms with Crippen LogP contribution in [0.2, 0.25) is 0 Å². The Labute approximate surface area is 187 Å². The average molecular weight is 439 g/mol. The quantitative estimate of drug-likeness (QED) is 0.723. The molecule has 1 unspecified atom stereocenters. The molecule has 1 aromatic rings. The predicted molar refractivity (Wildman–Crippen MR) is 118 cm³/mol. The van der Waals surface area contributed by atoms with Crippen molar-refractivity contribution in [1.82, 2.24) is 15.1 Å². The normalized spacial score (nSPS) is 28.8. The van der Waals surface area contributed by atoms with Crippen molar-refractivity contribution in [2.45, 2.75) is 69.5 Å². The summed E-state index contributed by atoms with van der Waals surface area (Å²) in [6.45, 7) is 2.32. The lowest BCUT2D eigenvalue weighted by molar-refractivity contribution is -0.136. The van der Waals surface area contributed by atoms with Crippen LogP contribution in [-0.2, 0) is 9.59 Å². The minimum atomic E-state index is -0.931. The molecule has 32 heavy (non-hydrogen) atoms. The minimum absolute atomic E-state index is 0.122. The molecule has 8 heteroatoms. The van der Waals surface area contributed by atoms with Crippen molar-refractivity contribution in [3.63, 3.8) is 0 Å². The SMILES string of the molecule is CN(c1ccc2c(c1)C(=O)N(C1CCC(=O)NC1=O)C2=O)[C@H]1CCC[C@@H]1N1CCCCC1. The Morgan fingerprint density at radius 3 is 2.41 bits per heavy atom. The monoisotopic (exact) mass is 438 g/mol. The number of anilines is 1. The second-order valence-electron chi connectivity index (χ2n) is 9.45. The molecule has 1 aromatic carbocycles. The van der Waals surface area contributed by atoms with Crippen LogP contribution in [0.5, 0.6) is 0 Å². The number of likely N-dealkylation sites (N-methyl/N-ethyl adjacent to an activating group) is 1. The Morgan fingerprint density at radius 2 is 1.66 bits per heavy atom. The number of nitrogens with one attached hydrogen (secondary N) is 1. The predicted octanol–water partition coefficient (Wildman–Crippen LogP) is 1.93. The highest BCUT2D eigenvalue weighted by molar-refractivity contribution is 6.23. The van der Waals surface area contributed by atoms with Gasteiger partial charge in [0.25, 0.3) is 11.8 Å². The number of hydrogen-bond donors (Lipinski definition) is 1. The van der Waals surface area contributed by atoms with Gasteiger partial charge in [-0.1, -0.05) is 6.42 Å². The fourth-order valence-corrected chi connectivity index (χ4v) is 5.92. The number of fused-ring (bicyclic) bond motifs is 1. The number of amides is 4. The van der Waals surface area contributed by atoms with Gasteiger partial charge >= 0.3 is 0 Å². The lowest BCUT2D eigenvalue weighted by Crippen LogP contribution is -2.54. The smallest absolute Gasteiger partial charge is 0.262 e. The zero-order chi connectivity index (χ0) is 22.4. The van der Waals surface area contributed by atoms with Gasteiger partial charge in [-0.3, -0.25) is 34.3 Å². The molecule has 3 fully saturated rings. The molecular weight excluding hydrogens is 408 g/mol. The number of rotatable bonds is 4. The molecule has 3 heterocycles. The van der Waals surface area contributed by atoms with Gasteiger partial charge in [-0.25, -0.2) is 0 Å². The standard InChI is InChI=1S/C24H30N4O4/c1-26(18-6-5-7-19(18)27-12-3-2-4-13-27)15-8-9-16-17(14-15)24(32)28(23(16)31)20-10-11-21(29)25-22(20)30/h8-9,14,18-20H,2-7,10-13H2,1H3,(H,25,29,30)/t18-,19-,20?/m0/s1. The van der Waals surface area contributed by atoms with Crippen LogP contribution in [0.3, 0.4) is 0 Å². The van der Waals surface area contributed by atoms with E-state index in [-0.39, 0.29) is 18.7 Å². The van der Waals surface area contributed by atoms with E-state index in [1.54, 1.807) is 12.1 Å². The lowest BCUT2D eigenvalue weighted by Gasteiger charge is -2.40. The highest BCUT2D eigenvalue weighted by Gasteiger charge is 2.45. The van der Waals surface area contributed by atoms with E-state index in [1.807, 2.05) is 6.07 Å². The number of likely N-dealkylation sites (tertiary alicyclic amines) is 1. The first-order valence-corrected chi connectivity index (χ1v) is 11.8. The van der Waals surface area contributed by atoms with Crippen LogP contribution in [0.25, 0.3) is 0 Å². The van der Waals surface area contributed by atoms with Crippen molar-refractivity contribution in [2.75, 3.05) is 25.0 Å². The summed E-state index contributed by atoms with van der Waals surface area (Å²) < 4.78 is 0. The third-order valence-electron chi connectivity index (χ3n) is 7.63. The van der Waals surface area contributed by atoms with Gasteiger partial charge in [0, 0.05) is 31.2 Å². The number of piperidine rings is 2. The van der Waals surface area contributed by atoms with Gasteiger partial charge in [0.2, 0.25) is 11.8 Å². The Hall–Kier alpha value is -2.74. The number of hydrogen-bond acceptors (Lipinski definition) is 6. The second kappa shape index (κ2) is 8.31. The van der Waals surface area contributed by atoms with Crippen LogP contribution in [0.1, 0.15) is 72.1 Å². The number of carbonyl (C=O) groups is 4. The Morgan fingerprint density at radius 1 is 0.906 bits per heavy atom. The van der Waals surface area contributed by atoms with Gasteiger partial charge in [-0.05, 0) is 69.8 Å². The first-order valence-electron chi connectivity index (χ1n) is 11.8. The maximum absolute atomic E-state index is 13.2. The Bertz CT molecular complexity index is 971. The summed E-state index contributed by atoms with van der Waals surface area (Å²) in [5.74, 6) is -1.86. The van der Waals surface area contributed by atoms with Crippen molar-refractivity contribution in [2.24, 2.45) is 0 Å². The van der Waals surface area contributed by atoms with Gasteiger partial charge < -0.3 is 4.90 Å². The van der Waals surface area contributed by atoms with Crippen molar-refractivity contribution < 1.29 is 19.2 Å². The molecule has 0 bridgehead atoms. The zero-order valence-electron chi connectivity index (χ0n) is 18.5. The number of carbonyl (C=O) groups excluding carboxylic acids is 4. The van der Waals surface area contributed by atoms with Gasteiger partial charge in [0.05, 0.1) is 11.1 Å². The summed E-state index contributed by atoms with van der Waals surface area (Å²) in [6.07, 6.45) is 7.64. The van der Waals surface area contributed by atoms with Gasteiger partial charge in [0.1, 0.15) is 6.04 Å². The van der Waals surface area contributed by atoms with Crippen LogP contribution >= 0.6 is 0 Å². The summed E-state index contributed by atoms with van der Waals surface area (Å²) in [7, 11) is 2.08. The molecule has 2 saturated heterocycles. The minimum Gasteiger partial charge on any atom is -0.370 e. The fourth-order valence-electron chi connectivity index (χ4n) is 5.92. The lowest BCUT2D eigenvalue weighted by atomic mass is 10.0. The summed E-state index contributed by atoms with van der Waals surface area (Å²) in [5.41, 5.74) is 1.59. The molecule has 0 radical (unpaired) electrons. The molecule has 1 N–H and O–H groups in total. The van der Waals surface area contributed by atoms with Gasteiger partial charge in [-0.2, -0.15) is 0 Å². The molecule has 1 saturated carbocycles. The summed E-state index contributed by atoms with van der Waals surface area (Å²) in [5, 5.41) is 2.24. The molecule has 5 rings (SSSR count). The van der Waals surface area contributed by atoms with Gasteiger partial charge in [0.15, 0.2) is 0 Å². The molecule has 4 aliphatic rings. The zero-order valence-corrected chi connectivity index (χ0v) is 18.5. The van der Waals surface area contributed by atoms with Crippen LogP contribution in [0.15, 0.2) is 18.2 Å². The van der Waals surface area contributed by atoms with Crippen LogP contribution in [-0.4, -0.2) is 71.7 Å². The molecule has 1 aliphatic carbocycles. The Balaban J connectivity index is 1.37. The Kier molecular flexibility index (Phi) is 5.49. The molecule has 4 amide bonds. The second-order valence-corrected chi connectivity index (χ2v) is 9.45. The van der Waals surface area contributed by atoms with E-state index >= 15 is 0 Å². The van der Waals surface area contributed by atoms with Crippen molar-refractivity contribution in [3.05, 3.63) is 29.3 Å². The first kappa shape index (κ1) is 21.1. The van der Waals surface area contributed by atoms with E-state index in [1.165, 1.54) is 32.1 Å². The van der Waals surface area contributed by atoms with Crippen LogP contribution in [0.4, 0.5) is 5.69 Å². The van der Waals surface area contributed by atoms with E-state index in [2.05, 4.69) is 22.2 Å². The number of benzene rings is 1. The molecule has 170 valence electrons. The molecule has 8 nitrogen and oxygen atoms in total. The highest BCUT2D eigenvalue weighted by Crippen LogP contribution is 2.35. The fraction of sp³-hybridized carbons (Fsp3) is 0.583. The molecule has 3 atom stereocenters. The van der Waals surface area contributed by atoms with Crippen LogP contribution < -0.4 is 10.2 Å². The van der Waals surface area contributed by atoms with Crippen molar-refractivity contribution in [1.29, 1.82) is 0 Å².